The molecule has 4 nitrogen and oxygen atoms in total. The van der Waals surface area contributed by atoms with Gasteiger partial charge in [-0.1, -0.05) is 0 Å². The molecule has 1 amide bonds. The number of carbonyl (C=O) groups is 1. The molecule has 1 aromatic heterocycles. The zero-order chi connectivity index (χ0) is 12.3. The second-order valence-corrected chi connectivity index (χ2v) is 4.20. The third kappa shape index (κ3) is 2.93. The van der Waals surface area contributed by atoms with E-state index in [-0.39, 0.29) is 17.3 Å². The first-order valence-electron chi connectivity index (χ1n) is 5.89. The number of hydrogen-bond acceptors (Lipinski definition) is 3. The van der Waals surface area contributed by atoms with E-state index in [2.05, 4.69) is 15.6 Å². The number of amides is 1. The first kappa shape index (κ1) is 11.8. The van der Waals surface area contributed by atoms with Crippen molar-refractivity contribution in [2.75, 3.05) is 18.4 Å². The standard InChI is InChI=1S/C12H16FN3O/c1-2-14-11-10(13)9(5-6-15-11)12(17)16-7-8-3-4-8/h5-6,8H,2-4,7H2,1H3,(H,14,15)(H,16,17). The van der Waals surface area contributed by atoms with E-state index in [1.807, 2.05) is 6.92 Å². The molecular weight excluding hydrogens is 221 g/mol. The van der Waals surface area contributed by atoms with Crippen LogP contribution in [0.3, 0.4) is 0 Å². The Bertz CT molecular complexity index is 418. The van der Waals surface area contributed by atoms with Gasteiger partial charge in [0.25, 0.3) is 5.91 Å². The average Bonchev–Trinajstić information content (AvgIpc) is 3.13. The van der Waals surface area contributed by atoms with E-state index in [0.29, 0.717) is 19.0 Å². The van der Waals surface area contributed by atoms with Gasteiger partial charge in [0, 0.05) is 19.3 Å². The number of halogens is 1. The van der Waals surface area contributed by atoms with Gasteiger partial charge < -0.3 is 10.6 Å². The van der Waals surface area contributed by atoms with Crippen molar-refractivity contribution in [3.05, 3.63) is 23.6 Å². The Morgan fingerprint density at radius 3 is 3.00 bits per heavy atom. The predicted octanol–water partition coefficient (Wildman–Crippen LogP) is 1.79. The number of nitrogens with one attached hydrogen (secondary N) is 2. The molecule has 1 aliphatic carbocycles. The fraction of sp³-hybridized carbons (Fsp3) is 0.500. The minimum absolute atomic E-state index is 0.0524. The summed E-state index contributed by atoms with van der Waals surface area (Å²) in [5.41, 5.74) is 0.0524. The lowest BCUT2D eigenvalue weighted by Crippen LogP contribution is -2.26. The topological polar surface area (TPSA) is 54.0 Å². The largest absolute Gasteiger partial charge is 0.368 e. The molecule has 0 saturated heterocycles. The normalized spacial score (nSPS) is 14.5. The number of rotatable bonds is 5. The molecule has 2 N–H and O–H groups in total. The van der Waals surface area contributed by atoms with Crippen molar-refractivity contribution in [3.8, 4) is 0 Å². The summed E-state index contributed by atoms with van der Waals surface area (Å²) in [6.45, 7) is 3.05. The third-order valence-corrected chi connectivity index (χ3v) is 2.73. The van der Waals surface area contributed by atoms with Crippen LogP contribution in [0.15, 0.2) is 12.3 Å². The molecule has 5 heteroatoms. The zero-order valence-corrected chi connectivity index (χ0v) is 9.79. The summed E-state index contributed by atoms with van der Waals surface area (Å²) in [5.74, 6) is -0.234. The van der Waals surface area contributed by atoms with Crippen LogP contribution >= 0.6 is 0 Å². The van der Waals surface area contributed by atoms with Gasteiger partial charge in [-0.2, -0.15) is 0 Å². The minimum Gasteiger partial charge on any atom is -0.368 e. The second kappa shape index (κ2) is 5.12. The molecule has 0 aliphatic heterocycles. The van der Waals surface area contributed by atoms with E-state index in [0.717, 1.165) is 12.8 Å². The smallest absolute Gasteiger partial charge is 0.254 e. The fourth-order valence-electron chi connectivity index (χ4n) is 1.56. The molecule has 17 heavy (non-hydrogen) atoms. The molecule has 0 radical (unpaired) electrons. The highest BCUT2D eigenvalue weighted by molar-refractivity contribution is 5.95. The Hall–Kier alpha value is -1.65. The molecule has 0 atom stereocenters. The number of nitrogens with zero attached hydrogens (tertiary/aromatic N) is 1. The van der Waals surface area contributed by atoms with Crippen LogP contribution in [-0.4, -0.2) is 24.0 Å². The van der Waals surface area contributed by atoms with Crippen molar-refractivity contribution in [1.82, 2.24) is 10.3 Å². The maximum absolute atomic E-state index is 13.9. The lowest BCUT2D eigenvalue weighted by Gasteiger charge is -2.08. The molecule has 0 aromatic carbocycles. The molecule has 1 heterocycles. The van der Waals surface area contributed by atoms with Crippen LogP contribution in [0.4, 0.5) is 10.2 Å². The summed E-state index contributed by atoms with van der Waals surface area (Å²) in [4.78, 5) is 15.6. The molecule has 2 rings (SSSR count). The summed E-state index contributed by atoms with van der Waals surface area (Å²) in [6, 6.07) is 1.40. The van der Waals surface area contributed by atoms with Crippen LogP contribution in [0, 0.1) is 11.7 Å². The lowest BCUT2D eigenvalue weighted by molar-refractivity contribution is 0.0947. The second-order valence-electron chi connectivity index (χ2n) is 4.20. The maximum Gasteiger partial charge on any atom is 0.254 e. The van der Waals surface area contributed by atoms with Gasteiger partial charge in [0.05, 0.1) is 5.56 Å². The SMILES string of the molecule is CCNc1nccc(C(=O)NCC2CC2)c1F. The highest BCUT2D eigenvalue weighted by Gasteiger charge is 2.23. The van der Waals surface area contributed by atoms with Gasteiger partial charge in [-0.25, -0.2) is 9.37 Å². The van der Waals surface area contributed by atoms with Crippen LogP contribution < -0.4 is 10.6 Å². The number of hydrogen-bond donors (Lipinski definition) is 2. The van der Waals surface area contributed by atoms with Gasteiger partial charge in [0.2, 0.25) is 0 Å². The molecule has 0 unspecified atom stereocenters. The minimum atomic E-state index is -0.581. The molecule has 1 fully saturated rings. The van der Waals surface area contributed by atoms with Crippen molar-refractivity contribution in [2.45, 2.75) is 19.8 Å². The highest BCUT2D eigenvalue weighted by atomic mass is 19.1. The van der Waals surface area contributed by atoms with Gasteiger partial charge in [0.1, 0.15) is 0 Å². The molecule has 1 saturated carbocycles. The predicted molar refractivity (Wildman–Crippen MR) is 63.4 cm³/mol. The monoisotopic (exact) mass is 237 g/mol. The van der Waals surface area contributed by atoms with E-state index >= 15 is 0 Å². The van der Waals surface area contributed by atoms with Gasteiger partial charge in [0.15, 0.2) is 11.6 Å². The maximum atomic E-state index is 13.9. The summed E-state index contributed by atoms with van der Waals surface area (Å²) in [6.07, 6.45) is 3.75. The van der Waals surface area contributed by atoms with E-state index in [4.69, 9.17) is 0 Å². The number of anilines is 1. The van der Waals surface area contributed by atoms with Crippen LogP contribution in [-0.2, 0) is 0 Å². The molecule has 92 valence electrons. The average molecular weight is 237 g/mol. The van der Waals surface area contributed by atoms with Crippen molar-refractivity contribution in [3.63, 3.8) is 0 Å². The third-order valence-electron chi connectivity index (χ3n) is 2.73. The van der Waals surface area contributed by atoms with E-state index < -0.39 is 5.82 Å². The fourth-order valence-corrected chi connectivity index (χ4v) is 1.56. The molecule has 1 aliphatic rings. The summed E-state index contributed by atoms with van der Waals surface area (Å²) < 4.78 is 13.9. The van der Waals surface area contributed by atoms with Gasteiger partial charge in [-0.15, -0.1) is 0 Å². The van der Waals surface area contributed by atoms with E-state index in [1.54, 1.807) is 0 Å². The zero-order valence-electron chi connectivity index (χ0n) is 9.79. The van der Waals surface area contributed by atoms with Gasteiger partial charge in [-0.3, -0.25) is 4.79 Å². The van der Waals surface area contributed by atoms with Crippen LogP contribution in [0.1, 0.15) is 30.1 Å². The quantitative estimate of drug-likeness (QED) is 0.821. The van der Waals surface area contributed by atoms with Crippen molar-refractivity contribution < 1.29 is 9.18 Å². The molecular formula is C12H16FN3O. The molecule has 1 aromatic rings. The summed E-state index contributed by atoms with van der Waals surface area (Å²) in [7, 11) is 0. The number of pyridine rings is 1. The first-order valence-corrected chi connectivity index (χ1v) is 5.89. The van der Waals surface area contributed by atoms with Gasteiger partial charge in [-0.05, 0) is 31.7 Å². The molecule has 0 bridgehead atoms. The van der Waals surface area contributed by atoms with E-state index in [1.165, 1.54) is 12.3 Å². The Balaban J connectivity index is 2.07. The summed E-state index contributed by atoms with van der Waals surface area (Å²) in [5, 5.41) is 5.52. The Morgan fingerprint density at radius 1 is 1.59 bits per heavy atom. The van der Waals surface area contributed by atoms with Crippen LogP contribution in [0.5, 0.6) is 0 Å². The van der Waals surface area contributed by atoms with E-state index in [9.17, 15) is 9.18 Å². The number of aromatic nitrogens is 1. The first-order chi connectivity index (χ1) is 8.22. The Labute approximate surface area is 99.6 Å². The van der Waals surface area contributed by atoms with Crippen molar-refractivity contribution in [2.24, 2.45) is 5.92 Å². The van der Waals surface area contributed by atoms with Crippen molar-refractivity contribution in [1.29, 1.82) is 0 Å². The molecule has 0 spiro atoms. The van der Waals surface area contributed by atoms with Crippen LogP contribution in [0.25, 0.3) is 0 Å². The van der Waals surface area contributed by atoms with Crippen molar-refractivity contribution >= 4 is 11.7 Å². The highest BCUT2D eigenvalue weighted by Crippen LogP contribution is 2.27. The van der Waals surface area contributed by atoms with Crippen LogP contribution in [0.2, 0.25) is 0 Å². The Morgan fingerprint density at radius 2 is 2.35 bits per heavy atom. The number of carbonyl (C=O) groups excluding carboxylic acids is 1. The Kier molecular flexibility index (Phi) is 3.56. The summed E-state index contributed by atoms with van der Waals surface area (Å²) >= 11 is 0. The van der Waals surface area contributed by atoms with Gasteiger partial charge >= 0.3 is 0 Å². The lowest BCUT2D eigenvalue weighted by atomic mass is 10.2.